The zero-order valence-corrected chi connectivity index (χ0v) is 20.8. The highest BCUT2D eigenvalue weighted by atomic mass is 32.1. The molecule has 5 rings (SSSR count). The minimum Gasteiger partial charge on any atom is -0.494 e. The third-order valence-electron chi connectivity index (χ3n) is 6.87. The van der Waals surface area contributed by atoms with Crippen LogP contribution in [0.15, 0.2) is 54.6 Å². The number of rotatable bonds is 10. The molecule has 1 aliphatic heterocycles. The highest BCUT2D eigenvalue weighted by molar-refractivity contribution is 7.19. The van der Waals surface area contributed by atoms with Crippen LogP contribution in [0, 0.1) is 5.92 Å². The Bertz CT molecular complexity index is 1130. The molecule has 0 unspecified atom stereocenters. The van der Waals surface area contributed by atoms with Gasteiger partial charge in [-0.1, -0.05) is 18.2 Å². The molecular formula is C28H33N3O3S. The maximum Gasteiger partial charge on any atom is 0.239 e. The Balaban J connectivity index is 0.998. The lowest BCUT2D eigenvalue weighted by Gasteiger charge is -2.35. The maximum atomic E-state index is 12.9. The second-order valence-electron chi connectivity index (χ2n) is 9.59. The number of hydrogen-bond acceptors (Lipinski definition) is 6. The van der Waals surface area contributed by atoms with Gasteiger partial charge in [0.25, 0.3) is 0 Å². The average Bonchev–Trinajstić information content (AvgIpc) is 3.66. The van der Waals surface area contributed by atoms with E-state index in [-0.39, 0.29) is 17.6 Å². The zero-order valence-electron chi connectivity index (χ0n) is 20.0. The molecule has 1 amide bonds. The Hall–Kier alpha value is -2.74. The fourth-order valence-electron chi connectivity index (χ4n) is 4.64. The van der Waals surface area contributed by atoms with Crippen LogP contribution in [0.5, 0.6) is 5.75 Å². The van der Waals surface area contributed by atoms with E-state index in [1.807, 2.05) is 41.3 Å². The van der Waals surface area contributed by atoms with Crippen molar-refractivity contribution in [2.24, 2.45) is 11.7 Å². The number of nitrogens with two attached hydrogens (primary N) is 1. The number of ketones is 1. The summed E-state index contributed by atoms with van der Waals surface area (Å²) in [4.78, 5) is 30.4. The van der Waals surface area contributed by atoms with Crippen molar-refractivity contribution in [3.63, 3.8) is 0 Å². The molecular weight excluding hydrogens is 458 g/mol. The first-order valence-corrected chi connectivity index (χ1v) is 13.4. The molecule has 3 aromatic rings. The van der Waals surface area contributed by atoms with Gasteiger partial charge >= 0.3 is 0 Å². The van der Waals surface area contributed by atoms with Crippen LogP contribution in [-0.4, -0.2) is 66.9 Å². The molecule has 35 heavy (non-hydrogen) atoms. The molecule has 2 heterocycles. The molecule has 0 radical (unpaired) electrons. The Labute approximate surface area is 210 Å². The normalized spacial score (nSPS) is 17.5. The van der Waals surface area contributed by atoms with Crippen LogP contribution in [0.25, 0.3) is 10.1 Å². The van der Waals surface area contributed by atoms with Crippen LogP contribution < -0.4 is 10.5 Å². The van der Waals surface area contributed by atoms with Crippen molar-refractivity contribution in [2.45, 2.75) is 31.7 Å². The van der Waals surface area contributed by atoms with Crippen LogP contribution in [-0.2, 0) is 11.2 Å². The second kappa shape index (κ2) is 10.9. The van der Waals surface area contributed by atoms with Crippen LogP contribution in [0.3, 0.4) is 0 Å². The predicted octanol–water partition coefficient (Wildman–Crippen LogP) is 3.98. The molecule has 0 bridgehead atoms. The van der Waals surface area contributed by atoms with Crippen LogP contribution >= 0.6 is 11.3 Å². The third-order valence-corrected chi connectivity index (χ3v) is 8.01. The fraction of sp³-hybridized carbons (Fsp3) is 0.429. The highest BCUT2D eigenvalue weighted by Crippen LogP contribution is 2.33. The third kappa shape index (κ3) is 6.10. The average molecular weight is 492 g/mol. The lowest BCUT2D eigenvalue weighted by molar-refractivity contribution is -0.134. The Morgan fingerprint density at radius 3 is 2.49 bits per heavy atom. The van der Waals surface area contributed by atoms with Crippen molar-refractivity contribution in [2.75, 3.05) is 39.3 Å². The molecule has 0 spiro atoms. The molecule has 1 saturated heterocycles. The largest absolute Gasteiger partial charge is 0.494 e. The van der Waals surface area contributed by atoms with Gasteiger partial charge in [0.1, 0.15) is 5.75 Å². The number of Topliss-reactive ketones (excluding diaryl/α,β-unsaturated/α-hetero) is 1. The summed E-state index contributed by atoms with van der Waals surface area (Å²) < 4.78 is 7.10. The molecule has 2 aliphatic rings. The van der Waals surface area contributed by atoms with E-state index in [4.69, 9.17) is 10.5 Å². The summed E-state index contributed by atoms with van der Waals surface area (Å²) in [6, 6.07) is 17.5. The fourth-order valence-corrected chi connectivity index (χ4v) is 5.77. The number of nitrogens with zero attached hydrogens (tertiary/aromatic N) is 2. The van der Waals surface area contributed by atoms with Gasteiger partial charge in [-0.3, -0.25) is 14.5 Å². The van der Waals surface area contributed by atoms with Gasteiger partial charge in [0.05, 0.1) is 12.6 Å². The number of amides is 1. The molecule has 2 fully saturated rings. The zero-order chi connectivity index (χ0) is 24.2. The van der Waals surface area contributed by atoms with Crippen molar-refractivity contribution < 1.29 is 14.3 Å². The summed E-state index contributed by atoms with van der Waals surface area (Å²) in [6.45, 7) is 4.73. The van der Waals surface area contributed by atoms with Crippen LogP contribution in [0.4, 0.5) is 0 Å². The summed E-state index contributed by atoms with van der Waals surface area (Å²) in [5, 5.41) is 1.21. The lowest BCUT2D eigenvalue weighted by Crippen LogP contribution is -2.53. The van der Waals surface area contributed by atoms with Gasteiger partial charge in [0, 0.05) is 60.2 Å². The number of hydrogen-bond donors (Lipinski definition) is 1. The van der Waals surface area contributed by atoms with Gasteiger partial charge in [-0.15, -0.1) is 11.3 Å². The summed E-state index contributed by atoms with van der Waals surface area (Å²) in [7, 11) is 0. The summed E-state index contributed by atoms with van der Waals surface area (Å²) in [6.07, 6.45) is 3.56. The molecule has 2 N–H and O–H groups in total. The molecule has 1 saturated carbocycles. The first kappa shape index (κ1) is 24.0. The van der Waals surface area contributed by atoms with Gasteiger partial charge in [-0.05, 0) is 61.0 Å². The minimum atomic E-state index is -0.492. The van der Waals surface area contributed by atoms with Gasteiger partial charge in [-0.25, -0.2) is 0 Å². The molecule has 2 aromatic carbocycles. The van der Waals surface area contributed by atoms with Crippen LogP contribution in [0.1, 0.15) is 34.5 Å². The molecule has 1 aliphatic carbocycles. The van der Waals surface area contributed by atoms with Crippen molar-refractivity contribution in [1.29, 1.82) is 0 Å². The topological polar surface area (TPSA) is 75.9 Å². The maximum absolute atomic E-state index is 12.9. The van der Waals surface area contributed by atoms with Crippen molar-refractivity contribution in [3.05, 3.63) is 65.0 Å². The number of benzene rings is 2. The molecule has 1 aromatic heterocycles. The molecule has 1 atom stereocenters. The number of carbonyl (C=O) groups excluding carboxylic acids is 2. The number of thiophene rings is 1. The van der Waals surface area contributed by atoms with E-state index < -0.39 is 6.04 Å². The van der Waals surface area contributed by atoms with E-state index in [0.717, 1.165) is 68.2 Å². The van der Waals surface area contributed by atoms with Gasteiger partial charge in [0.2, 0.25) is 5.91 Å². The smallest absolute Gasteiger partial charge is 0.239 e. The number of piperazine rings is 1. The number of fused-ring (bicyclic) bond motifs is 1. The lowest BCUT2D eigenvalue weighted by atomic mass is 10.1. The molecule has 6 nitrogen and oxygen atoms in total. The Morgan fingerprint density at radius 1 is 1.03 bits per heavy atom. The highest BCUT2D eigenvalue weighted by Gasteiger charge is 2.30. The summed E-state index contributed by atoms with van der Waals surface area (Å²) in [5.41, 5.74) is 7.09. The number of ether oxygens (including phenoxy) is 1. The minimum absolute atomic E-state index is 0.0500. The molecule has 7 heteroatoms. The van der Waals surface area contributed by atoms with E-state index in [0.29, 0.717) is 13.0 Å². The van der Waals surface area contributed by atoms with Crippen molar-refractivity contribution >= 4 is 33.1 Å². The summed E-state index contributed by atoms with van der Waals surface area (Å²) >= 11 is 1.72. The van der Waals surface area contributed by atoms with E-state index >= 15 is 0 Å². The van der Waals surface area contributed by atoms with Gasteiger partial charge in [-0.2, -0.15) is 0 Å². The second-order valence-corrected chi connectivity index (χ2v) is 10.8. The summed E-state index contributed by atoms with van der Waals surface area (Å²) in [5.74, 6) is 1.36. The van der Waals surface area contributed by atoms with E-state index in [2.05, 4.69) is 23.1 Å². The standard InChI is InChI=1S/C28H33N3O3S/c29-25(19-24-18-22-4-1-2-5-26(22)35-24)28(33)31-15-13-30(14-16-31)12-3-17-34-23-10-8-21(9-11-23)27(32)20-6-7-20/h1-2,4-5,8-11,18,20,25H,3,6-7,12-17,19,29H2/t25-/m1/s1. The van der Waals surface area contributed by atoms with Crippen molar-refractivity contribution in [3.8, 4) is 5.75 Å². The SMILES string of the molecule is N[C@H](Cc1cc2ccccc2s1)C(=O)N1CCN(CCCOc2ccc(C(=O)C3CC3)cc2)CC1. The Morgan fingerprint density at radius 2 is 1.77 bits per heavy atom. The van der Waals surface area contributed by atoms with Gasteiger partial charge in [0.15, 0.2) is 5.78 Å². The molecule has 184 valence electrons. The van der Waals surface area contributed by atoms with E-state index in [9.17, 15) is 9.59 Å². The monoisotopic (exact) mass is 491 g/mol. The van der Waals surface area contributed by atoms with Crippen molar-refractivity contribution in [1.82, 2.24) is 9.80 Å². The first-order chi connectivity index (χ1) is 17.1. The quantitative estimate of drug-likeness (QED) is 0.343. The Kier molecular flexibility index (Phi) is 7.46. The van der Waals surface area contributed by atoms with Crippen LogP contribution in [0.2, 0.25) is 0 Å². The first-order valence-electron chi connectivity index (χ1n) is 12.6. The van der Waals surface area contributed by atoms with Gasteiger partial charge < -0.3 is 15.4 Å². The van der Waals surface area contributed by atoms with E-state index in [1.165, 1.54) is 10.1 Å². The predicted molar refractivity (Wildman–Crippen MR) is 140 cm³/mol. The van der Waals surface area contributed by atoms with E-state index in [1.54, 1.807) is 11.3 Å². The number of carbonyl (C=O) groups is 2.